The predicted octanol–water partition coefficient (Wildman–Crippen LogP) is 1.61. The quantitative estimate of drug-likeness (QED) is 0.834. The molecule has 0 bridgehead atoms. The van der Waals surface area contributed by atoms with Crippen molar-refractivity contribution in [2.24, 2.45) is 0 Å². The molecule has 0 unspecified atom stereocenters. The second kappa shape index (κ2) is 4.48. The summed E-state index contributed by atoms with van der Waals surface area (Å²) in [7, 11) is 0. The summed E-state index contributed by atoms with van der Waals surface area (Å²) in [5, 5.41) is 17.6. The van der Waals surface area contributed by atoms with Gasteiger partial charge >= 0.3 is 12.1 Å². The van der Waals surface area contributed by atoms with Gasteiger partial charge in [0.05, 0.1) is 17.7 Å². The Labute approximate surface area is 88.4 Å². The third kappa shape index (κ3) is 3.20. The van der Waals surface area contributed by atoms with Gasteiger partial charge in [0.25, 0.3) is 0 Å². The Hall–Kier alpha value is -1.63. The highest BCUT2D eigenvalue weighted by atomic mass is 19.4. The molecule has 1 aromatic heterocycles. The Morgan fingerprint density at radius 2 is 2.06 bits per heavy atom. The summed E-state index contributed by atoms with van der Waals surface area (Å²) in [5.41, 5.74) is -1.05. The second-order valence-corrected chi connectivity index (χ2v) is 3.08. The van der Waals surface area contributed by atoms with Crippen molar-refractivity contribution >= 4 is 5.97 Å². The molecule has 16 heavy (non-hydrogen) atoms. The number of alkyl halides is 3. The number of aliphatic carboxylic acids is 1. The fourth-order valence-corrected chi connectivity index (χ4v) is 1.04. The lowest BCUT2D eigenvalue weighted by atomic mass is 10.1. The van der Waals surface area contributed by atoms with E-state index in [1.54, 1.807) is 0 Å². The van der Waals surface area contributed by atoms with Crippen molar-refractivity contribution in [2.45, 2.75) is 18.7 Å². The summed E-state index contributed by atoms with van der Waals surface area (Å²) in [6.45, 7) is 0. The molecule has 0 aliphatic carbocycles. The number of carboxylic acid groups (broad SMARTS) is 1. The molecule has 7 heteroatoms. The molecule has 1 rings (SSSR count). The molecular formula is C9H8F3NO3. The van der Waals surface area contributed by atoms with E-state index in [0.29, 0.717) is 6.20 Å². The Bertz CT molecular complexity index is 375. The molecule has 0 aromatic carbocycles. The number of carbonyl (C=O) groups is 1. The fourth-order valence-electron chi connectivity index (χ4n) is 1.04. The van der Waals surface area contributed by atoms with Crippen LogP contribution in [0.2, 0.25) is 0 Å². The second-order valence-electron chi connectivity index (χ2n) is 3.08. The lowest BCUT2D eigenvalue weighted by Gasteiger charge is -2.09. The van der Waals surface area contributed by atoms with Gasteiger partial charge < -0.3 is 10.2 Å². The third-order valence-electron chi connectivity index (χ3n) is 1.82. The maximum Gasteiger partial charge on any atom is 0.417 e. The number of halogens is 3. The van der Waals surface area contributed by atoms with E-state index in [2.05, 4.69) is 4.98 Å². The third-order valence-corrected chi connectivity index (χ3v) is 1.82. The molecule has 0 aliphatic heterocycles. The molecule has 1 aromatic rings. The molecule has 0 spiro atoms. The van der Waals surface area contributed by atoms with E-state index < -0.39 is 30.2 Å². The van der Waals surface area contributed by atoms with Gasteiger partial charge in [0.15, 0.2) is 0 Å². The fraction of sp³-hybridized carbons (Fsp3) is 0.333. The van der Waals surface area contributed by atoms with Gasteiger partial charge in [-0.15, -0.1) is 0 Å². The molecule has 0 aliphatic rings. The average Bonchev–Trinajstić information content (AvgIpc) is 2.15. The van der Waals surface area contributed by atoms with Gasteiger partial charge in [-0.05, 0) is 12.1 Å². The van der Waals surface area contributed by atoms with Gasteiger partial charge in [0.2, 0.25) is 0 Å². The molecule has 4 nitrogen and oxygen atoms in total. The maximum absolute atomic E-state index is 12.1. The van der Waals surface area contributed by atoms with Crippen molar-refractivity contribution < 1.29 is 28.2 Å². The molecule has 1 heterocycles. The van der Waals surface area contributed by atoms with Crippen molar-refractivity contribution in [2.75, 3.05) is 0 Å². The van der Waals surface area contributed by atoms with Crippen molar-refractivity contribution in [3.8, 4) is 0 Å². The van der Waals surface area contributed by atoms with Gasteiger partial charge in [0, 0.05) is 6.20 Å². The Morgan fingerprint density at radius 3 is 2.44 bits per heavy atom. The van der Waals surface area contributed by atoms with E-state index in [0.717, 1.165) is 12.1 Å². The van der Waals surface area contributed by atoms with Gasteiger partial charge in [-0.25, -0.2) is 0 Å². The van der Waals surface area contributed by atoms with E-state index in [9.17, 15) is 23.1 Å². The van der Waals surface area contributed by atoms with Crippen LogP contribution in [0.3, 0.4) is 0 Å². The molecule has 0 fully saturated rings. The van der Waals surface area contributed by atoms with Crippen molar-refractivity contribution in [1.29, 1.82) is 0 Å². The number of aromatic nitrogens is 1. The maximum atomic E-state index is 12.1. The van der Waals surface area contributed by atoms with E-state index in [1.807, 2.05) is 0 Å². The van der Waals surface area contributed by atoms with Crippen LogP contribution >= 0.6 is 0 Å². The van der Waals surface area contributed by atoms with Crippen LogP contribution in [-0.2, 0) is 11.0 Å². The number of aliphatic hydroxyl groups is 1. The largest absolute Gasteiger partial charge is 0.481 e. The number of carboxylic acids is 1. The van der Waals surface area contributed by atoms with Crippen LogP contribution in [-0.4, -0.2) is 21.2 Å². The van der Waals surface area contributed by atoms with Crippen LogP contribution in [0.5, 0.6) is 0 Å². The molecule has 2 N–H and O–H groups in total. The zero-order valence-corrected chi connectivity index (χ0v) is 7.90. The van der Waals surface area contributed by atoms with Crippen LogP contribution in [0.25, 0.3) is 0 Å². The number of hydrogen-bond donors (Lipinski definition) is 2. The first-order chi connectivity index (χ1) is 7.30. The summed E-state index contributed by atoms with van der Waals surface area (Å²) in [4.78, 5) is 13.6. The Morgan fingerprint density at radius 1 is 1.44 bits per heavy atom. The topological polar surface area (TPSA) is 70.4 Å². The minimum atomic E-state index is -4.50. The number of aliphatic hydroxyl groups excluding tert-OH is 1. The van der Waals surface area contributed by atoms with Crippen molar-refractivity contribution in [3.05, 3.63) is 29.6 Å². The first-order valence-corrected chi connectivity index (χ1v) is 4.23. The molecule has 0 radical (unpaired) electrons. The summed E-state index contributed by atoms with van der Waals surface area (Å²) >= 11 is 0. The number of hydrogen-bond acceptors (Lipinski definition) is 3. The average molecular weight is 235 g/mol. The van der Waals surface area contributed by atoms with Gasteiger partial charge in [0.1, 0.15) is 6.10 Å². The molecule has 0 amide bonds. The van der Waals surface area contributed by atoms with Crippen LogP contribution in [0.4, 0.5) is 13.2 Å². The molecule has 0 saturated heterocycles. The predicted molar refractivity (Wildman–Crippen MR) is 46.5 cm³/mol. The van der Waals surface area contributed by atoms with Gasteiger partial charge in [-0.1, -0.05) is 0 Å². The summed E-state index contributed by atoms with van der Waals surface area (Å²) < 4.78 is 36.4. The summed E-state index contributed by atoms with van der Waals surface area (Å²) in [6, 6.07) is 1.70. The molecule has 88 valence electrons. The van der Waals surface area contributed by atoms with Crippen LogP contribution < -0.4 is 0 Å². The molecular weight excluding hydrogens is 227 g/mol. The van der Waals surface area contributed by atoms with E-state index in [4.69, 9.17) is 5.11 Å². The zero-order chi connectivity index (χ0) is 12.3. The van der Waals surface area contributed by atoms with Crippen LogP contribution in [0, 0.1) is 0 Å². The van der Waals surface area contributed by atoms with Gasteiger partial charge in [-0.2, -0.15) is 13.2 Å². The van der Waals surface area contributed by atoms with Crippen molar-refractivity contribution in [3.63, 3.8) is 0 Å². The smallest absolute Gasteiger partial charge is 0.417 e. The standard InChI is InChI=1S/C9H8F3NO3/c10-9(11,12)5-1-2-6(13-4-5)7(14)3-8(15)16/h1-2,4,7,14H,3H2,(H,15,16)/t7-/m0/s1. The molecule has 0 saturated carbocycles. The minimum absolute atomic E-state index is 0.101. The van der Waals surface area contributed by atoms with Gasteiger partial charge in [-0.3, -0.25) is 9.78 Å². The highest BCUT2D eigenvalue weighted by Gasteiger charge is 2.30. The van der Waals surface area contributed by atoms with E-state index >= 15 is 0 Å². The summed E-state index contributed by atoms with van der Waals surface area (Å²) in [5.74, 6) is -1.26. The zero-order valence-electron chi connectivity index (χ0n) is 7.90. The lowest BCUT2D eigenvalue weighted by molar-refractivity contribution is -0.140. The monoisotopic (exact) mass is 235 g/mol. The normalized spacial score (nSPS) is 13.5. The first kappa shape index (κ1) is 12.4. The first-order valence-electron chi connectivity index (χ1n) is 4.23. The Balaban J connectivity index is 2.83. The van der Waals surface area contributed by atoms with Crippen LogP contribution in [0.15, 0.2) is 18.3 Å². The highest BCUT2D eigenvalue weighted by Crippen LogP contribution is 2.29. The lowest BCUT2D eigenvalue weighted by Crippen LogP contribution is -2.09. The summed E-state index contributed by atoms with van der Waals surface area (Å²) in [6.07, 6.45) is -5.94. The van der Waals surface area contributed by atoms with E-state index in [-0.39, 0.29) is 5.69 Å². The number of pyridine rings is 1. The number of nitrogens with zero attached hydrogens (tertiary/aromatic N) is 1. The van der Waals surface area contributed by atoms with E-state index in [1.165, 1.54) is 0 Å². The minimum Gasteiger partial charge on any atom is -0.481 e. The highest BCUT2D eigenvalue weighted by molar-refractivity contribution is 5.67. The Kier molecular flexibility index (Phi) is 3.48. The van der Waals surface area contributed by atoms with Crippen molar-refractivity contribution in [1.82, 2.24) is 4.98 Å². The van der Waals surface area contributed by atoms with Crippen LogP contribution in [0.1, 0.15) is 23.8 Å². The SMILES string of the molecule is O=C(O)C[C@H](O)c1ccc(C(F)(F)F)cn1. The number of rotatable bonds is 3. The molecule has 1 atom stereocenters.